The van der Waals surface area contributed by atoms with Gasteiger partial charge in [-0.25, -0.2) is 4.98 Å². The summed E-state index contributed by atoms with van der Waals surface area (Å²) in [7, 11) is 0. The Morgan fingerprint density at radius 3 is 2.82 bits per heavy atom. The van der Waals surface area contributed by atoms with Gasteiger partial charge in [-0.3, -0.25) is 24.3 Å². The number of amides is 1. The van der Waals surface area contributed by atoms with Crippen molar-refractivity contribution in [1.29, 1.82) is 5.41 Å². The molecule has 2 fully saturated rings. The van der Waals surface area contributed by atoms with Crippen molar-refractivity contribution < 1.29 is 14.3 Å². The van der Waals surface area contributed by atoms with E-state index in [9.17, 15) is 9.59 Å². The molecule has 3 aromatic heterocycles. The third-order valence-electron chi connectivity index (χ3n) is 6.56. The van der Waals surface area contributed by atoms with Gasteiger partial charge >= 0.3 is 0 Å². The highest BCUT2D eigenvalue weighted by Gasteiger charge is 2.21. The van der Waals surface area contributed by atoms with Gasteiger partial charge in [0.05, 0.1) is 30.3 Å². The first kappa shape index (κ1) is 22.7. The maximum atomic E-state index is 13.4. The highest BCUT2D eigenvalue weighted by molar-refractivity contribution is 5.96. The average Bonchev–Trinajstić information content (AvgIpc) is 3.37. The lowest BCUT2D eigenvalue weighted by atomic mass is 10.1. The Labute approximate surface area is 196 Å². The van der Waals surface area contributed by atoms with E-state index in [0.29, 0.717) is 56.1 Å². The monoisotopic (exact) mass is 466 g/mol. The fraction of sp³-hybridized carbons (Fsp3) is 0.500. The fourth-order valence-electron chi connectivity index (χ4n) is 4.61. The molecule has 34 heavy (non-hydrogen) atoms. The molecule has 0 radical (unpaired) electrons. The summed E-state index contributed by atoms with van der Waals surface area (Å²) in [5.74, 6) is -0.378. The molecule has 2 N–H and O–H groups in total. The Morgan fingerprint density at radius 1 is 1.24 bits per heavy atom. The van der Waals surface area contributed by atoms with Gasteiger partial charge in [0.1, 0.15) is 16.8 Å². The van der Waals surface area contributed by atoms with E-state index in [1.165, 1.54) is 10.5 Å². The number of ether oxygens (including phenoxy) is 2. The third kappa shape index (κ3) is 4.48. The molecule has 5 heterocycles. The van der Waals surface area contributed by atoms with Crippen molar-refractivity contribution in [2.45, 2.75) is 32.4 Å². The van der Waals surface area contributed by atoms with Crippen LogP contribution in [0.1, 0.15) is 28.8 Å². The Balaban J connectivity index is 1.57. The maximum Gasteiger partial charge on any atom is 0.267 e. The van der Waals surface area contributed by atoms with Gasteiger partial charge in [0.25, 0.3) is 11.5 Å². The van der Waals surface area contributed by atoms with Crippen LogP contribution >= 0.6 is 0 Å². The lowest BCUT2D eigenvalue weighted by molar-refractivity contribution is 0.0363. The smallest absolute Gasteiger partial charge is 0.267 e. The minimum absolute atomic E-state index is 0.00811. The van der Waals surface area contributed by atoms with E-state index in [1.807, 2.05) is 13.0 Å². The lowest BCUT2D eigenvalue weighted by Gasteiger charge is -2.27. The minimum Gasteiger partial charge on any atom is -0.379 e. The molecular weight excluding hydrogens is 436 g/mol. The van der Waals surface area contributed by atoms with Crippen LogP contribution in [0.4, 0.5) is 0 Å². The van der Waals surface area contributed by atoms with Crippen molar-refractivity contribution in [3.8, 4) is 0 Å². The Morgan fingerprint density at radius 2 is 2.06 bits per heavy atom. The number of carbonyl (C=O) groups excluding carboxylic acids is 1. The standard InChI is InChI=1S/C24H30N6O4/c1-16-4-5-20-27-22-19(24(32)30(20)15-16)13-18(23(31)26-14-17-3-2-10-34-17)21(25)29(22)7-6-28-8-11-33-12-9-28/h4-5,13,15,17,25H,2-3,6-12,14H2,1H3,(H,26,31)/t17-/m1/s1. The number of hydrogen-bond acceptors (Lipinski definition) is 7. The van der Waals surface area contributed by atoms with Crippen LogP contribution in [0.25, 0.3) is 16.7 Å². The van der Waals surface area contributed by atoms with E-state index in [4.69, 9.17) is 19.9 Å². The number of aromatic nitrogens is 3. The summed E-state index contributed by atoms with van der Waals surface area (Å²) in [4.78, 5) is 33.5. The molecule has 0 saturated carbocycles. The maximum absolute atomic E-state index is 13.4. The molecule has 1 atom stereocenters. The molecule has 2 aliphatic heterocycles. The zero-order chi connectivity index (χ0) is 23.7. The summed E-state index contributed by atoms with van der Waals surface area (Å²) in [6.45, 7) is 7.09. The molecule has 10 nitrogen and oxygen atoms in total. The topological polar surface area (TPSA) is 114 Å². The Kier molecular flexibility index (Phi) is 6.44. The summed E-state index contributed by atoms with van der Waals surface area (Å²) in [5, 5.41) is 12.1. The van der Waals surface area contributed by atoms with Crippen molar-refractivity contribution in [2.75, 3.05) is 46.0 Å². The summed E-state index contributed by atoms with van der Waals surface area (Å²) in [5.41, 5.74) is 1.83. The lowest BCUT2D eigenvalue weighted by Crippen LogP contribution is -2.41. The van der Waals surface area contributed by atoms with E-state index >= 15 is 0 Å². The SMILES string of the molecule is Cc1ccc2nc3c(cc(C(=O)NC[C@H]4CCCO4)c(=N)n3CCN3CCOCC3)c(=O)n2c1. The first-order chi connectivity index (χ1) is 16.5. The zero-order valence-electron chi connectivity index (χ0n) is 19.4. The van der Waals surface area contributed by atoms with Gasteiger partial charge in [0.15, 0.2) is 0 Å². The Hall–Kier alpha value is -3.08. The third-order valence-corrected chi connectivity index (χ3v) is 6.56. The summed E-state index contributed by atoms with van der Waals surface area (Å²) in [6.07, 6.45) is 3.62. The number of pyridine rings is 2. The summed E-state index contributed by atoms with van der Waals surface area (Å²) >= 11 is 0. The molecule has 2 aliphatic rings. The quantitative estimate of drug-likeness (QED) is 0.517. The summed E-state index contributed by atoms with van der Waals surface area (Å²) in [6, 6.07) is 5.21. The van der Waals surface area contributed by atoms with Crippen molar-refractivity contribution in [3.63, 3.8) is 0 Å². The highest BCUT2D eigenvalue weighted by atomic mass is 16.5. The molecule has 5 rings (SSSR count). The molecule has 0 aliphatic carbocycles. The fourth-order valence-corrected chi connectivity index (χ4v) is 4.61. The van der Waals surface area contributed by atoms with Crippen molar-refractivity contribution in [3.05, 3.63) is 51.4 Å². The first-order valence-electron chi connectivity index (χ1n) is 11.8. The van der Waals surface area contributed by atoms with Crippen LogP contribution in [0.15, 0.2) is 29.2 Å². The molecule has 0 aromatic carbocycles. The van der Waals surface area contributed by atoms with E-state index < -0.39 is 0 Å². The number of hydrogen-bond donors (Lipinski definition) is 2. The molecule has 0 spiro atoms. The second-order valence-electron chi connectivity index (χ2n) is 8.95. The largest absolute Gasteiger partial charge is 0.379 e. The van der Waals surface area contributed by atoms with Crippen LogP contribution in [0.5, 0.6) is 0 Å². The van der Waals surface area contributed by atoms with Gasteiger partial charge in [0.2, 0.25) is 0 Å². The molecule has 0 bridgehead atoms. The van der Waals surface area contributed by atoms with Crippen molar-refractivity contribution >= 4 is 22.6 Å². The van der Waals surface area contributed by atoms with Crippen LogP contribution in [-0.4, -0.2) is 76.9 Å². The van der Waals surface area contributed by atoms with Gasteiger partial charge in [0, 0.05) is 45.5 Å². The second-order valence-corrected chi connectivity index (χ2v) is 8.95. The van der Waals surface area contributed by atoms with Crippen LogP contribution in [0.2, 0.25) is 0 Å². The van der Waals surface area contributed by atoms with Crippen LogP contribution in [0, 0.1) is 12.3 Å². The minimum atomic E-state index is -0.378. The van der Waals surface area contributed by atoms with Crippen molar-refractivity contribution in [2.24, 2.45) is 0 Å². The van der Waals surface area contributed by atoms with E-state index in [0.717, 1.165) is 31.5 Å². The number of nitrogens with zero attached hydrogens (tertiary/aromatic N) is 4. The second kappa shape index (κ2) is 9.65. The number of aryl methyl sites for hydroxylation is 1. The molecule has 180 valence electrons. The van der Waals surface area contributed by atoms with Gasteiger partial charge in [-0.1, -0.05) is 6.07 Å². The molecule has 2 saturated heterocycles. The van der Waals surface area contributed by atoms with Crippen LogP contribution in [-0.2, 0) is 16.0 Å². The molecule has 0 unspecified atom stereocenters. The summed E-state index contributed by atoms with van der Waals surface area (Å²) < 4.78 is 14.2. The normalized spacial score (nSPS) is 19.1. The molecule has 10 heteroatoms. The zero-order valence-corrected chi connectivity index (χ0v) is 19.4. The van der Waals surface area contributed by atoms with Crippen LogP contribution in [0.3, 0.4) is 0 Å². The first-order valence-corrected chi connectivity index (χ1v) is 11.8. The Bertz CT molecular complexity index is 1340. The van der Waals surface area contributed by atoms with E-state index in [2.05, 4.69) is 10.2 Å². The van der Waals surface area contributed by atoms with Crippen molar-refractivity contribution in [1.82, 2.24) is 24.2 Å². The number of carbonyl (C=O) groups is 1. The molecule has 3 aromatic rings. The number of nitrogens with one attached hydrogen (secondary N) is 2. The van der Waals surface area contributed by atoms with Gasteiger partial charge < -0.3 is 19.4 Å². The van der Waals surface area contributed by atoms with Gasteiger partial charge in [-0.2, -0.15) is 0 Å². The number of morpholine rings is 1. The van der Waals surface area contributed by atoms with Gasteiger partial charge in [-0.15, -0.1) is 0 Å². The van der Waals surface area contributed by atoms with Gasteiger partial charge in [-0.05, 0) is 37.5 Å². The molecular formula is C24H30N6O4. The predicted octanol–water partition coefficient (Wildman–Crippen LogP) is 0.678. The average molecular weight is 467 g/mol. The van der Waals surface area contributed by atoms with Crippen LogP contribution < -0.4 is 16.4 Å². The predicted molar refractivity (Wildman–Crippen MR) is 126 cm³/mol. The number of fused-ring (bicyclic) bond motifs is 2. The molecule has 1 amide bonds. The highest BCUT2D eigenvalue weighted by Crippen LogP contribution is 2.13. The van der Waals surface area contributed by atoms with E-state index in [1.54, 1.807) is 16.8 Å². The van der Waals surface area contributed by atoms with E-state index in [-0.39, 0.29) is 28.6 Å². The number of rotatable bonds is 6.